The summed E-state index contributed by atoms with van der Waals surface area (Å²) in [4.78, 5) is 22.2. The molecule has 0 spiro atoms. The summed E-state index contributed by atoms with van der Waals surface area (Å²) in [5, 5.41) is 5.57. The van der Waals surface area contributed by atoms with Gasteiger partial charge in [-0.1, -0.05) is 47.6 Å². The van der Waals surface area contributed by atoms with Gasteiger partial charge in [-0.3, -0.25) is 9.59 Å². The van der Waals surface area contributed by atoms with Crippen LogP contribution in [0.15, 0.2) is 30.3 Å². The summed E-state index contributed by atoms with van der Waals surface area (Å²) >= 11 is 2.29. The number of hydrogen-bond donors (Lipinski definition) is 2. The van der Waals surface area contributed by atoms with E-state index in [2.05, 4.69) is 74.8 Å². The Morgan fingerprint density at radius 2 is 1.24 bits per heavy atom. The number of nitrogens with one attached hydrogen (secondary N) is 2. The molecule has 7 heteroatoms. The Balaban J connectivity index is 0.000000331. The second-order valence-corrected chi connectivity index (χ2v) is 11.0. The molecule has 2 amide bonds. The molecule has 0 radical (unpaired) electrons. The molecule has 2 aromatic rings. The van der Waals surface area contributed by atoms with Crippen molar-refractivity contribution < 1.29 is 19.1 Å². The fourth-order valence-corrected chi connectivity index (χ4v) is 4.30. The van der Waals surface area contributed by atoms with Gasteiger partial charge in [-0.25, -0.2) is 0 Å². The minimum atomic E-state index is -0.0932. The summed E-state index contributed by atoms with van der Waals surface area (Å²) in [5.41, 5.74) is 3.91. The highest BCUT2D eigenvalue weighted by molar-refractivity contribution is 14.1. The van der Waals surface area contributed by atoms with Gasteiger partial charge < -0.3 is 20.1 Å². The van der Waals surface area contributed by atoms with Gasteiger partial charge in [0.25, 0.3) is 0 Å². The lowest BCUT2D eigenvalue weighted by Gasteiger charge is -2.23. The molecule has 6 nitrogen and oxygen atoms in total. The first-order valence-electron chi connectivity index (χ1n) is 10.7. The number of methoxy groups -OCH3 is 2. The molecular formula is C26H37IN2O4. The normalized spacial score (nSPS) is 11.1. The van der Waals surface area contributed by atoms with Crippen molar-refractivity contribution >= 4 is 45.8 Å². The number of amides is 2. The van der Waals surface area contributed by atoms with E-state index in [-0.39, 0.29) is 22.6 Å². The molecule has 33 heavy (non-hydrogen) atoms. The van der Waals surface area contributed by atoms with Gasteiger partial charge in [0.2, 0.25) is 11.8 Å². The van der Waals surface area contributed by atoms with E-state index < -0.39 is 0 Å². The highest BCUT2D eigenvalue weighted by Crippen LogP contribution is 2.35. The first-order chi connectivity index (χ1) is 15.1. The molecule has 0 saturated heterocycles. The minimum Gasteiger partial charge on any atom is -0.495 e. The number of benzene rings is 2. The number of carbonyl (C=O) groups is 2. The van der Waals surface area contributed by atoms with Crippen LogP contribution in [0.1, 0.15) is 66.5 Å². The van der Waals surface area contributed by atoms with E-state index in [1.165, 1.54) is 19.4 Å². The molecule has 0 atom stereocenters. The Hall–Kier alpha value is -2.29. The van der Waals surface area contributed by atoms with E-state index >= 15 is 0 Å². The third-order valence-electron chi connectivity index (χ3n) is 4.78. The van der Waals surface area contributed by atoms with E-state index in [1.807, 2.05) is 30.3 Å². The topological polar surface area (TPSA) is 76.7 Å². The number of anilines is 2. The lowest BCUT2D eigenvalue weighted by atomic mass is 9.87. The quantitative estimate of drug-likeness (QED) is 0.413. The van der Waals surface area contributed by atoms with E-state index in [1.54, 1.807) is 14.2 Å². The lowest BCUT2D eigenvalue weighted by molar-refractivity contribution is -0.115. The fraction of sp³-hybridized carbons (Fsp3) is 0.462. The van der Waals surface area contributed by atoms with Crippen molar-refractivity contribution in [2.45, 2.75) is 66.2 Å². The summed E-state index contributed by atoms with van der Waals surface area (Å²) in [6.45, 7) is 15.8. The third-order valence-corrected chi connectivity index (χ3v) is 5.68. The molecular weight excluding hydrogens is 531 g/mol. The van der Waals surface area contributed by atoms with E-state index in [9.17, 15) is 9.59 Å². The number of ether oxygens (including phenoxy) is 2. The van der Waals surface area contributed by atoms with Crippen LogP contribution in [0.2, 0.25) is 0 Å². The molecule has 182 valence electrons. The zero-order valence-corrected chi connectivity index (χ0v) is 23.6. The van der Waals surface area contributed by atoms with E-state index in [4.69, 9.17) is 9.47 Å². The average molecular weight is 568 g/mol. The van der Waals surface area contributed by atoms with Gasteiger partial charge in [0.05, 0.1) is 25.6 Å². The van der Waals surface area contributed by atoms with Crippen molar-refractivity contribution in [2.24, 2.45) is 0 Å². The largest absolute Gasteiger partial charge is 0.495 e. The van der Waals surface area contributed by atoms with Crippen molar-refractivity contribution in [3.63, 3.8) is 0 Å². The predicted molar refractivity (Wildman–Crippen MR) is 145 cm³/mol. The van der Waals surface area contributed by atoms with Crippen LogP contribution >= 0.6 is 22.6 Å². The molecule has 0 aliphatic carbocycles. The molecule has 0 bridgehead atoms. The average Bonchev–Trinajstić information content (AvgIpc) is 2.67. The van der Waals surface area contributed by atoms with Crippen LogP contribution < -0.4 is 20.1 Å². The van der Waals surface area contributed by atoms with Gasteiger partial charge in [-0.05, 0) is 68.8 Å². The SMILES string of the molecule is COc1cc(I)c(C(C)(C)C)cc1NC(C)=O.COc1ccc(C(C)(C)C)cc1NC(C)=O. The summed E-state index contributed by atoms with van der Waals surface area (Å²) < 4.78 is 11.6. The second kappa shape index (κ2) is 11.7. The van der Waals surface area contributed by atoms with Crippen LogP contribution in [0.3, 0.4) is 0 Å². The molecule has 0 aliphatic rings. The second-order valence-electron chi connectivity index (χ2n) is 9.81. The zero-order valence-electron chi connectivity index (χ0n) is 21.4. The maximum atomic E-state index is 11.2. The monoisotopic (exact) mass is 568 g/mol. The summed E-state index contributed by atoms with van der Waals surface area (Å²) in [5.74, 6) is 1.19. The summed E-state index contributed by atoms with van der Waals surface area (Å²) in [7, 11) is 3.20. The Morgan fingerprint density at radius 3 is 1.64 bits per heavy atom. The Bertz CT molecular complexity index is 989. The smallest absolute Gasteiger partial charge is 0.221 e. The van der Waals surface area contributed by atoms with Gasteiger partial charge in [0, 0.05) is 17.4 Å². The maximum absolute atomic E-state index is 11.2. The maximum Gasteiger partial charge on any atom is 0.221 e. The summed E-state index contributed by atoms with van der Waals surface area (Å²) in [6.07, 6.45) is 0. The minimum absolute atomic E-state index is 0.0377. The Kier molecular flexibility index (Phi) is 10.2. The lowest BCUT2D eigenvalue weighted by Crippen LogP contribution is -2.15. The van der Waals surface area contributed by atoms with Crippen LogP contribution in [0.4, 0.5) is 11.4 Å². The van der Waals surface area contributed by atoms with Crippen molar-refractivity contribution in [1.82, 2.24) is 0 Å². The van der Waals surface area contributed by atoms with E-state index in [0.29, 0.717) is 11.5 Å². The number of rotatable bonds is 4. The number of halogens is 1. The first-order valence-corrected chi connectivity index (χ1v) is 11.8. The van der Waals surface area contributed by atoms with Gasteiger partial charge >= 0.3 is 0 Å². The molecule has 0 unspecified atom stereocenters. The van der Waals surface area contributed by atoms with Crippen LogP contribution in [0.5, 0.6) is 11.5 Å². The highest BCUT2D eigenvalue weighted by Gasteiger charge is 2.20. The molecule has 0 aromatic heterocycles. The summed E-state index contributed by atoms with van der Waals surface area (Å²) in [6, 6.07) is 9.80. The number of carbonyl (C=O) groups excluding carboxylic acids is 2. The van der Waals surface area contributed by atoms with Crippen molar-refractivity contribution in [3.05, 3.63) is 45.0 Å². The molecule has 2 N–H and O–H groups in total. The van der Waals surface area contributed by atoms with Crippen LogP contribution in [0.25, 0.3) is 0 Å². The standard InChI is InChI=1S/C13H18INO2.C13H19NO2/c1-8(16)15-11-6-9(13(2,3)4)10(14)7-12(11)17-5;1-9(15)14-11-8-10(13(2,3)4)6-7-12(11)16-5/h6-7H,1-5H3,(H,15,16);6-8H,1-5H3,(H,14,15). The molecule has 2 aromatic carbocycles. The molecule has 0 aliphatic heterocycles. The van der Waals surface area contributed by atoms with Gasteiger partial charge in [0.1, 0.15) is 11.5 Å². The first kappa shape index (κ1) is 28.7. The van der Waals surface area contributed by atoms with Crippen molar-refractivity contribution in [1.29, 1.82) is 0 Å². The van der Waals surface area contributed by atoms with E-state index in [0.717, 1.165) is 20.5 Å². The van der Waals surface area contributed by atoms with Crippen molar-refractivity contribution in [2.75, 3.05) is 24.9 Å². The molecule has 0 heterocycles. The number of hydrogen-bond acceptors (Lipinski definition) is 4. The van der Waals surface area contributed by atoms with Crippen LogP contribution in [-0.4, -0.2) is 26.0 Å². The van der Waals surface area contributed by atoms with Gasteiger partial charge in [-0.2, -0.15) is 0 Å². The fourth-order valence-electron chi connectivity index (χ4n) is 3.05. The van der Waals surface area contributed by atoms with Gasteiger partial charge in [-0.15, -0.1) is 0 Å². The Labute approximate surface area is 212 Å². The Morgan fingerprint density at radius 1 is 0.758 bits per heavy atom. The third kappa shape index (κ3) is 8.87. The zero-order chi connectivity index (χ0) is 25.6. The van der Waals surface area contributed by atoms with Crippen LogP contribution in [0, 0.1) is 3.57 Å². The van der Waals surface area contributed by atoms with Gasteiger partial charge in [0.15, 0.2) is 0 Å². The van der Waals surface area contributed by atoms with Crippen LogP contribution in [-0.2, 0) is 20.4 Å². The predicted octanol–water partition coefficient (Wildman–Crippen LogP) is 6.51. The molecule has 2 rings (SSSR count). The molecule has 0 saturated carbocycles. The van der Waals surface area contributed by atoms with Crippen molar-refractivity contribution in [3.8, 4) is 11.5 Å². The molecule has 0 fully saturated rings. The highest BCUT2D eigenvalue weighted by atomic mass is 127.